The van der Waals surface area contributed by atoms with Crippen molar-refractivity contribution in [2.24, 2.45) is 5.10 Å². The lowest BCUT2D eigenvalue weighted by Gasteiger charge is -2.08. The van der Waals surface area contributed by atoms with E-state index in [0.717, 1.165) is 22.5 Å². The van der Waals surface area contributed by atoms with Crippen LogP contribution in [0.3, 0.4) is 0 Å². The van der Waals surface area contributed by atoms with Gasteiger partial charge in [-0.3, -0.25) is 4.98 Å². The molecule has 0 fully saturated rings. The van der Waals surface area contributed by atoms with Gasteiger partial charge in [0.25, 0.3) is 0 Å². The van der Waals surface area contributed by atoms with E-state index >= 15 is 0 Å². The van der Waals surface area contributed by atoms with Crippen LogP contribution in [-0.2, 0) is 0 Å². The first kappa shape index (κ1) is 14.7. The van der Waals surface area contributed by atoms with Crippen LogP contribution in [0, 0.1) is 20.8 Å². The Bertz CT molecular complexity index is 680. The zero-order valence-electron chi connectivity index (χ0n) is 12.3. The van der Waals surface area contributed by atoms with E-state index in [4.69, 9.17) is 0 Å². The number of carbonyl (C=O) groups excluding carboxylic acids is 1. The van der Waals surface area contributed by atoms with E-state index in [-0.39, 0.29) is 6.03 Å². The van der Waals surface area contributed by atoms with E-state index < -0.39 is 0 Å². The fourth-order valence-corrected chi connectivity index (χ4v) is 1.90. The number of urea groups is 1. The van der Waals surface area contributed by atoms with E-state index in [2.05, 4.69) is 20.8 Å². The Morgan fingerprint density at radius 1 is 1.19 bits per heavy atom. The van der Waals surface area contributed by atoms with Crippen molar-refractivity contribution in [2.75, 3.05) is 5.32 Å². The molecule has 1 aromatic heterocycles. The van der Waals surface area contributed by atoms with Gasteiger partial charge in [0.15, 0.2) is 0 Å². The minimum Gasteiger partial charge on any atom is -0.306 e. The van der Waals surface area contributed by atoms with Gasteiger partial charge in [-0.05, 0) is 44.5 Å². The number of hydrogen-bond donors (Lipinski definition) is 2. The SMILES string of the molecule is Cc1ccc(NC(=O)N/N=C\c2cccc(C)n2)c(C)c1. The van der Waals surface area contributed by atoms with Crippen LogP contribution < -0.4 is 10.7 Å². The Labute approximate surface area is 124 Å². The van der Waals surface area contributed by atoms with Crippen molar-refractivity contribution in [3.05, 3.63) is 58.9 Å². The molecule has 108 valence electrons. The van der Waals surface area contributed by atoms with Crippen molar-refractivity contribution in [3.8, 4) is 0 Å². The predicted molar refractivity (Wildman–Crippen MR) is 84.6 cm³/mol. The molecule has 0 saturated heterocycles. The largest absolute Gasteiger partial charge is 0.339 e. The molecule has 2 rings (SSSR count). The van der Waals surface area contributed by atoms with Gasteiger partial charge in [-0.1, -0.05) is 23.8 Å². The van der Waals surface area contributed by atoms with E-state index in [1.54, 1.807) is 0 Å². The Kier molecular flexibility index (Phi) is 4.66. The zero-order valence-corrected chi connectivity index (χ0v) is 12.3. The summed E-state index contributed by atoms with van der Waals surface area (Å²) in [4.78, 5) is 16.0. The number of nitrogens with zero attached hydrogens (tertiary/aromatic N) is 2. The fraction of sp³-hybridized carbons (Fsp3) is 0.188. The summed E-state index contributed by atoms with van der Waals surface area (Å²) in [7, 11) is 0. The van der Waals surface area contributed by atoms with E-state index in [1.165, 1.54) is 6.21 Å². The van der Waals surface area contributed by atoms with E-state index in [9.17, 15) is 4.79 Å². The van der Waals surface area contributed by atoms with Crippen molar-refractivity contribution < 1.29 is 4.79 Å². The van der Waals surface area contributed by atoms with Crippen molar-refractivity contribution >= 4 is 17.9 Å². The lowest BCUT2D eigenvalue weighted by molar-refractivity contribution is 0.252. The third kappa shape index (κ3) is 4.42. The second-order valence-electron chi connectivity index (χ2n) is 4.85. The summed E-state index contributed by atoms with van der Waals surface area (Å²) in [5, 5.41) is 6.63. The number of anilines is 1. The minimum atomic E-state index is -0.383. The third-order valence-corrected chi connectivity index (χ3v) is 2.90. The number of hydrazone groups is 1. The molecule has 2 aromatic rings. The van der Waals surface area contributed by atoms with Gasteiger partial charge in [-0.15, -0.1) is 0 Å². The number of rotatable bonds is 3. The second-order valence-corrected chi connectivity index (χ2v) is 4.85. The highest BCUT2D eigenvalue weighted by Gasteiger charge is 2.03. The van der Waals surface area contributed by atoms with Gasteiger partial charge in [0.1, 0.15) is 0 Å². The summed E-state index contributed by atoms with van der Waals surface area (Å²) in [6.07, 6.45) is 1.51. The molecule has 0 aliphatic carbocycles. The van der Waals surface area contributed by atoms with Gasteiger partial charge >= 0.3 is 6.03 Å². The maximum absolute atomic E-state index is 11.8. The average Bonchev–Trinajstić information content (AvgIpc) is 2.42. The number of nitrogens with one attached hydrogen (secondary N) is 2. The number of pyridine rings is 1. The van der Waals surface area contributed by atoms with Crippen molar-refractivity contribution in [1.29, 1.82) is 0 Å². The summed E-state index contributed by atoms with van der Waals surface area (Å²) < 4.78 is 0. The molecule has 0 spiro atoms. The Morgan fingerprint density at radius 2 is 2.00 bits per heavy atom. The molecule has 5 nitrogen and oxygen atoms in total. The van der Waals surface area contributed by atoms with Crippen LogP contribution in [0.15, 0.2) is 41.5 Å². The lowest BCUT2D eigenvalue weighted by Crippen LogP contribution is -2.24. The number of carbonyl (C=O) groups is 1. The Balaban J connectivity index is 1.93. The highest BCUT2D eigenvalue weighted by molar-refractivity contribution is 5.90. The smallest absolute Gasteiger partial charge is 0.306 e. The summed E-state index contributed by atoms with van der Waals surface area (Å²) in [5.74, 6) is 0. The Morgan fingerprint density at radius 3 is 2.71 bits per heavy atom. The van der Waals surface area contributed by atoms with Gasteiger partial charge < -0.3 is 5.32 Å². The summed E-state index contributed by atoms with van der Waals surface area (Å²) in [6.45, 7) is 5.86. The fourth-order valence-electron chi connectivity index (χ4n) is 1.90. The first-order valence-electron chi connectivity index (χ1n) is 6.65. The molecule has 1 heterocycles. The normalized spacial score (nSPS) is 10.6. The molecule has 0 bridgehead atoms. The van der Waals surface area contributed by atoms with E-state index in [0.29, 0.717) is 5.69 Å². The molecule has 2 N–H and O–H groups in total. The Hall–Kier alpha value is -2.69. The van der Waals surface area contributed by atoms with Crippen molar-refractivity contribution in [2.45, 2.75) is 20.8 Å². The summed E-state index contributed by atoms with van der Waals surface area (Å²) in [5.41, 5.74) is 6.95. The number of hydrogen-bond acceptors (Lipinski definition) is 3. The van der Waals surface area contributed by atoms with Crippen molar-refractivity contribution in [1.82, 2.24) is 10.4 Å². The number of benzene rings is 1. The maximum Gasteiger partial charge on any atom is 0.339 e. The standard InChI is InChI=1S/C16H18N4O/c1-11-7-8-15(12(2)9-11)19-16(21)20-17-10-14-6-4-5-13(3)18-14/h4-10H,1-3H3,(H2,19,20,21)/b17-10-. The second kappa shape index (κ2) is 6.65. The minimum absolute atomic E-state index is 0.383. The maximum atomic E-state index is 11.8. The van der Waals surface area contributed by atoms with Crippen LogP contribution >= 0.6 is 0 Å². The van der Waals surface area contributed by atoms with Crippen LogP contribution in [0.4, 0.5) is 10.5 Å². The first-order chi connectivity index (χ1) is 10.0. The topological polar surface area (TPSA) is 66.4 Å². The average molecular weight is 282 g/mol. The van der Waals surface area contributed by atoms with Crippen LogP contribution in [-0.4, -0.2) is 17.2 Å². The number of amides is 2. The number of aromatic nitrogens is 1. The quantitative estimate of drug-likeness (QED) is 0.670. The van der Waals surface area contributed by atoms with Crippen LogP contribution in [0.1, 0.15) is 22.5 Å². The molecule has 0 radical (unpaired) electrons. The highest BCUT2D eigenvalue weighted by atomic mass is 16.2. The lowest BCUT2D eigenvalue weighted by atomic mass is 10.1. The molecule has 0 saturated carbocycles. The van der Waals surface area contributed by atoms with Gasteiger partial charge in [0.05, 0.1) is 11.9 Å². The molecule has 5 heteroatoms. The van der Waals surface area contributed by atoms with Gasteiger partial charge in [0, 0.05) is 11.4 Å². The van der Waals surface area contributed by atoms with Crippen LogP contribution in [0.25, 0.3) is 0 Å². The summed E-state index contributed by atoms with van der Waals surface area (Å²) in [6, 6.07) is 11.1. The van der Waals surface area contributed by atoms with Gasteiger partial charge in [-0.2, -0.15) is 5.10 Å². The highest BCUT2D eigenvalue weighted by Crippen LogP contribution is 2.15. The molecule has 0 aliphatic rings. The third-order valence-electron chi connectivity index (χ3n) is 2.90. The zero-order chi connectivity index (χ0) is 15.2. The monoisotopic (exact) mass is 282 g/mol. The van der Waals surface area contributed by atoms with Crippen LogP contribution in [0.2, 0.25) is 0 Å². The van der Waals surface area contributed by atoms with Gasteiger partial charge in [-0.25, -0.2) is 10.2 Å². The molecular formula is C16H18N4O. The molecule has 21 heavy (non-hydrogen) atoms. The molecule has 0 aliphatic heterocycles. The van der Waals surface area contributed by atoms with Crippen molar-refractivity contribution in [3.63, 3.8) is 0 Å². The molecule has 0 atom stereocenters. The van der Waals surface area contributed by atoms with E-state index in [1.807, 2.05) is 57.2 Å². The summed E-state index contributed by atoms with van der Waals surface area (Å²) >= 11 is 0. The molecular weight excluding hydrogens is 264 g/mol. The van der Waals surface area contributed by atoms with Crippen LogP contribution in [0.5, 0.6) is 0 Å². The van der Waals surface area contributed by atoms with Gasteiger partial charge in [0.2, 0.25) is 0 Å². The predicted octanol–water partition coefficient (Wildman–Crippen LogP) is 3.16. The number of aryl methyl sites for hydroxylation is 3. The molecule has 0 unspecified atom stereocenters. The molecule has 1 aromatic carbocycles. The molecule has 2 amide bonds. The first-order valence-corrected chi connectivity index (χ1v) is 6.65.